The van der Waals surface area contributed by atoms with Crippen LogP contribution in [0.3, 0.4) is 0 Å². The summed E-state index contributed by atoms with van der Waals surface area (Å²) in [6.07, 6.45) is 1.97. The first-order valence-corrected chi connectivity index (χ1v) is 8.89. The van der Waals surface area contributed by atoms with Crippen LogP contribution in [0.5, 0.6) is 0 Å². The summed E-state index contributed by atoms with van der Waals surface area (Å²) in [5.41, 5.74) is 4.96. The second-order valence-electron chi connectivity index (χ2n) is 6.68. The minimum atomic E-state index is 0.983. The zero-order chi connectivity index (χ0) is 17.2. The quantitative estimate of drug-likeness (QED) is 0.729. The molecule has 0 bridgehead atoms. The molecule has 4 rings (SSSR count). The molecule has 0 aliphatic carbocycles. The van der Waals surface area contributed by atoms with E-state index in [9.17, 15) is 0 Å². The molecule has 2 aromatic carbocycles. The third-order valence-corrected chi connectivity index (χ3v) is 4.90. The largest absolute Gasteiger partial charge is 0.368 e. The highest BCUT2D eigenvalue weighted by molar-refractivity contribution is 5.51. The molecule has 1 aliphatic heterocycles. The van der Waals surface area contributed by atoms with Crippen molar-refractivity contribution >= 4 is 11.6 Å². The molecule has 0 amide bonds. The van der Waals surface area contributed by atoms with Crippen molar-refractivity contribution in [1.82, 2.24) is 9.55 Å². The Morgan fingerprint density at radius 1 is 0.720 bits per heavy atom. The average molecular weight is 332 g/mol. The van der Waals surface area contributed by atoms with Gasteiger partial charge in [-0.2, -0.15) is 0 Å². The summed E-state index contributed by atoms with van der Waals surface area (Å²) in [7, 11) is 0. The van der Waals surface area contributed by atoms with E-state index < -0.39 is 0 Å². The first-order valence-electron chi connectivity index (χ1n) is 8.89. The Bertz CT molecular complexity index is 828. The van der Waals surface area contributed by atoms with Crippen molar-refractivity contribution < 1.29 is 0 Å². The van der Waals surface area contributed by atoms with Crippen LogP contribution in [0.25, 0.3) is 5.69 Å². The summed E-state index contributed by atoms with van der Waals surface area (Å²) in [6, 6.07) is 19.3. The standard InChI is InChI=1S/C21H24N4/c1-17-8-10-19(11-9-17)23-12-14-24(15-13-23)21-22-16-18(2)25(21)20-6-4-3-5-7-20/h3-11,16H,12-15H2,1-2H3. The van der Waals surface area contributed by atoms with Gasteiger partial charge in [0, 0.05) is 43.2 Å². The molecule has 1 aromatic heterocycles. The van der Waals surface area contributed by atoms with E-state index in [0.717, 1.165) is 32.1 Å². The fourth-order valence-electron chi connectivity index (χ4n) is 3.46. The van der Waals surface area contributed by atoms with Gasteiger partial charge in [-0.25, -0.2) is 4.98 Å². The van der Waals surface area contributed by atoms with Crippen LogP contribution in [0.4, 0.5) is 11.6 Å². The smallest absolute Gasteiger partial charge is 0.210 e. The molecule has 0 radical (unpaired) electrons. The normalized spacial score (nSPS) is 14.8. The second-order valence-corrected chi connectivity index (χ2v) is 6.68. The lowest BCUT2D eigenvalue weighted by Crippen LogP contribution is -2.47. The topological polar surface area (TPSA) is 24.3 Å². The molecule has 1 aliphatic rings. The van der Waals surface area contributed by atoms with Gasteiger partial charge in [-0.1, -0.05) is 35.9 Å². The van der Waals surface area contributed by atoms with Crippen LogP contribution in [0.15, 0.2) is 60.8 Å². The molecular formula is C21H24N4. The highest BCUT2D eigenvalue weighted by Gasteiger charge is 2.22. The number of nitrogens with zero attached hydrogens (tertiary/aromatic N) is 4. The number of hydrogen-bond donors (Lipinski definition) is 0. The van der Waals surface area contributed by atoms with Crippen LogP contribution in [0.2, 0.25) is 0 Å². The van der Waals surface area contributed by atoms with Crippen LogP contribution in [-0.2, 0) is 0 Å². The lowest BCUT2D eigenvalue weighted by atomic mass is 10.2. The van der Waals surface area contributed by atoms with Gasteiger partial charge in [0.15, 0.2) is 0 Å². The number of aryl methyl sites for hydroxylation is 2. The predicted octanol–water partition coefficient (Wildman–Crippen LogP) is 3.82. The Morgan fingerprint density at radius 3 is 2.04 bits per heavy atom. The maximum absolute atomic E-state index is 4.70. The van der Waals surface area contributed by atoms with Crippen molar-refractivity contribution in [1.29, 1.82) is 0 Å². The molecule has 4 heteroatoms. The van der Waals surface area contributed by atoms with Crippen LogP contribution in [0.1, 0.15) is 11.3 Å². The average Bonchev–Trinajstić information content (AvgIpc) is 3.05. The minimum absolute atomic E-state index is 0.983. The third-order valence-electron chi connectivity index (χ3n) is 4.90. The van der Waals surface area contributed by atoms with Crippen molar-refractivity contribution in [3.05, 3.63) is 72.1 Å². The van der Waals surface area contributed by atoms with Crippen LogP contribution < -0.4 is 9.80 Å². The van der Waals surface area contributed by atoms with E-state index in [0.29, 0.717) is 0 Å². The van der Waals surface area contributed by atoms with E-state index in [1.165, 1.54) is 22.6 Å². The predicted molar refractivity (Wildman–Crippen MR) is 104 cm³/mol. The Hall–Kier alpha value is -2.75. The molecule has 1 fully saturated rings. The molecule has 0 N–H and O–H groups in total. The maximum atomic E-state index is 4.70. The number of benzene rings is 2. The number of anilines is 2. The Morgan fingerprint density at radius 2 is 1.36 bits per heavy atom. The number of para-hydroxylation sites is 1. The highest BCUT2D eigenvalue weighted by atomic mass is 15.4. The number of imidazole rings is 1. The lowest BCUT2D eigenvalue weighted by molar-refractivity contribution is 0.636. The SMILES string of the molecule is Cc1ccc(N2CCN(c3ncc(C)n3-c3ccccc3)CC2)cc1. The summed E-state index contributed by atoms with van der Waals surface area (Å²) in [6.45, 7) is 8.25. The van der Waals surface area contributed by atoms with Crippen molar-refractivity contribution in [3.8, 4) is 5.69 Å². The number of rotatable bonds is 3. The zero-order valence-electron chi connectivity index (χ0n) is 14.9. The third kappa shape index (κ3) is 3.12. The lowest BCUT2D eigenvalue weighted by Gasteiger charge is -2.37. The summed E-state index contributed by atoms with van der Waals surface area (Å²) < 4.78 is 2.25. The molecule has 25 heavy (non-hydrogen) atoms. The van der Waals surface area contributed by atoms with Crippen molar-refractivity contribution in [3.63, 3.8) is 0 Å². The van der Waals surface area contributed by atoms with E-state index in [1.807, 2.05) is 6.20 Å². The minimum Gasteiger partial charge on any atom is -0.368 e. The summed E-state index contributed by atoms with van der Waals surface area (Å²) >= 11 is 0. The molecule has 4 nitrogen and oxygen atoms in total. The Balaban J connectivity index is 1.53. The number of aromatic nitrogens is 2. The Labute approximate surface area is 149 Å². The van der Waals surface area contributed by atoms with Gasteiger partial charge in [0.05, 0.1) is 6.20 Å². The van der Waals surface area contributed by atoms with Crippen molar-refractivity contribution in [2.45, 2.75) is 13.8 Å². The number of hydrogen-bond acceptors (Lipinski definition) is 3. The first-order chi connectivity index (χ1) is 12.2. The molecule has 1 saturated heterocycles. The Kier molecular flexibility index (Phi) is 4.18. The van der Waals surface area contributed by atoms with Gasteiger partial charge in [-0.05, 0) is 38.1 Å². The van der Waals surface area contributed by atoms with E-state index in [-0.39, 0.29) is 0 Å². The molecule has 0 unspecified atom stereocenters. The van der Waals surface area contributed by atoms with Crippen molar-refractivity contribution in [2.24, 2.45) is 0 Å². The molecule has 3 aromatic rings. The molecule has 0 atom stereocenters. The van der Waals surface area contributed by atoms with Gasteiger partial charge in [0.25, 0.3) is 0 Å². The van der Waals surface area contributed by atoms with Crippen molar-refractivity contribution in [2.75, 3.05) is 36.0 Å². The molecule has 0 saturated carbocycles. The van der Waals surface area contributed by atoms with Crippen LogP contribution in [-0.4, -0.2) is 35.7 Å². The second kappa shape index (κ2) is 6.63. The van der Waals surface area contributed by atoms with E-state index >= 15 is 0 Å². The highest BCUT2D eigenvalue weighted by Crippen LogP contribution is 2.24. The molecule has 0 spiro atoms. The summed E-state index contributed by atoms with van der Waals surface area (Å²) in [5.74, 6) is 1.05. The van der Waals surface area contributed by atoms with E-state index in [2.05, 4.69) is 82.8 Å². The molecular weight excluding hydrogens is 308 g/mol. The fourth-order valence-corrected chi connectivity index (χ4v) is 3.46. The summed E-state index contributed by atoms with van der Waals surface area (Å²) in [4.78, 5) is 9.55. The van der Waals surface area contributed by atoms with E-state index in [4.69, 9.17) is 4.98 Å². The van der Waals surface area contributed by atoms with E-state index in [1.54, 1.807) is 0 Å². The summed E-state index contributed by atoms with van der Waals surface area (Å²) in [5, 5.41) is 0. The van der Waals surface area contributed by atoms with Gasteiger partial charge >= 0.3 is 0 Å². The van der Waals surface area contributed by atoms with Gasteiger partial charge in [-0.3, -0.25) is 4.57 Å². The van der Waals surface area contributed by atoms with Crippen LogP contribution in [0, 0.1) is 13.8 Å². The monoisotopic (exact) mass is 332 g/mol. The zero-order valence-corrected chi connectivity index (χ0v) is 14.9. The van der Waals surface area contributed by atoms with Gasteiger partial charge < -0.3 is 9.80 Å². The van der Waals surface area contributed by atoms with Gasteiger partial charge in [0.2, 0.25) is 5.95 Å². The first kappa shape index (κ1) is 15.8. The fraction of sp³-hybridized carbons (Fsp3) is 0.286. The molecule has 128 valence electrons. The molecule has 2 heterocycles. The van der Waals surface area contributed by atoms with Crippen LogP contribution >= 0.6 is 0 Å². The maximum Gasteiger partial charge on any atom is 0.210 e. The van der Waals surface area contributed by atoms with Gasteiger partial charge in [0.1, 0.15) is 0 Å². The van der Waals surface area contributed by atoms with Gasteiger partial charge in [-0.15, -0.1) is 0 Å². The number of piperazine rings is 1.